The first-order valence-electron chi connectivity index (χ1n) is 7.65. The largest absolute Gasteiger partial charge is 0.490 e. The summed E-state index contributed by atoms with van der Waals surface area (Å²) in [5.74, 6) is 0.105. The summed E-state index contributed by atoms with van der Waals surface area (Å²) in [4.78, 5) is 15.6. The molecule has 0 fully saturated rings. The van der Waals surface area contributed by atoms with Gasteiger partial charge in [0.25, 0.3) is 0 Å². The predicted octanol–water partition coefficient (Wildman–Crippen LogP) is 2.29. The van der Waals surface area contributed by atoms with Gasteiger partial charge in [-0.3, -0.25) is 4.79 Å². The fourth-order valence-electron chi connectivity index (χ4n) is 2.17. The SMILES string of the molecule is CCCCCCCCS(=O)(=O)c1nn2cc(OC)c(=O)nc2s1. The van der Waals surface area contributed by atoms with E-state index in [1.807, 2.05) is 0 Å². The van der Waals surface area contributed by atoms with Crippen molar-refractivity contribution < 1.29 is 13.2 Å². The van der Waals surface area contributed by atoms with E-state index in [-0.39, 0.29) is 20.8 Å². The van der Waals surface area contributed by atoms with Crippen LogP contribution in [0.4, 0.5) is 0 Å². The molecule has 0 atom stereocenters. The molecule has 0 spiro atoms. The van der Waals surface area contributed by atoms with Gasteiger partial charge < -0.3 is 4.74 Å². The van der Waals surface area contributed by atoms with Gasteiger partial charge in [0.05, 0.1) is 19.1 Å². The summed E-state index contributed by atoms with van der Waals surface area (Å²) in [6, 6.07) is 0. The van der Waals surface area contributed by atoms with Crippen LogP contribution < -0.4 is 10.3 Å². The van der Waals surface area contributed by atoms with Crippen LogP contribution in [-0.2, 0) is 9.84 Å². The number of fused-ring (bicyclic) bond motifs is 1. The Kier molecular flexibility index (Phi) is 6.11. The van der Waals surface area contributed by atoms with Gasteiger partial charge in [-0.25, -0.2) is 12.9 Å². The van der Waals surface area contributed by atoms with E-state index in [1.165, 1.54) is 30.7 Å². The Labute approximate surface area is 139 Å². The average molecular weight is 359 g/mol. The summed E-state index contributed by atoms with van der Waals surface area (Å²) in [7, 11) is -2.09. The van der Waals surface area contributed by atoms with E-state index < -0.39 is 15.4 Å². The van der Waals surface area contributed by atoms with Gasteiger partial charge in [0.15, 0.2) is 0 Å². The lowest BCUT2D eigenvalue weighted by Gasteiger charge is -2.01. The minimum absolute atomic E-state index is 0.00814. The third kappa shape index (κ3) is 4.51. The first kappa shape index (κ1) is 17.9. The lowest BCUT2D eigenvalue weighted by atomic mass is 10.1. The second-order valence-electron chi connectivity index (χ2n) is 5.30. The van der Waals surface area contributed by atoms with Crippen LogP contribution in [0.15, 0.2) is 15.3 Å². The van der Waals surface area contributed by atoms with E-state index in [1.54, 1.807) is 0 Å². The van der Waals surface area contributed by atoms with E-state index in [9.17, 15) is 13.2 Å². The molecule has 0 aliphatic rings. The smallest absolute Gasteiger partial charge is 0.316 e. The van der Waals surface area contributed by atoms with Crippen molar-refractivity contribution in [1.82, 2.24) is 14.6 Å². The highest BCUT2D eigenvalue weighted by Gasteiger charge is 2.20. The molecule has 23 heavy (non-hydrogen) atoms. The molecule has 2 aromatic rings. The van der Waals surface area contributed by atoms with Crippen LogP contribution in [0.3, 0.4) is 0 Å². The van der Waals surface area contributed by atoms with Gasteiger partial charge in [0.2, 0.25) is 24.9 Å². The van der Waals surface area contributed by atoms with E-state index in [0.29, 0.717) is 6.42 Å². The Balaban J connectivity index is 2.07. The van der Waals surface area contributed by atoms with Gasteiger partial charge in [-0.1, -0.05) is 50.4 Å². The number of methoxy groups -OCH3 is 1. The van der Waals surface area contributed by atoms with Crippen molar-refractivity contribution in [3.05, 3.63) is 16.6 Å². The van der Waals surface area contributed by atoms with Crippen LogP contribution in [0.1, 0.15) is 45.4 Å². The Hall–Kier alpha value is -1.48. The summed E-state index contributed by atoms with van der Waals surface area (Å²) in [5.41, 5.74) is -0.531. The second-order valence-corrected chi connectivity index (χ2v) is 8.54. The van der Waals surface area contributed by atoms with Gasteiger partial charge in [0, 0.05) is 0 Å². The summed E-state index contributed by atoms with van der Waals surface area (Å²) in [6.07, 6.45) is 7.42. The topological polar surface area (TPSA) is 90.6 Å². The quantitative estimate of drug-likeness (QED) is 0.638. The number of aromatic nitrogens is 3. The van der Waals surface area contributed by atoms with Crippen molar-refractivity contribution in [2.24, 2.45) is 0 Å². The summed E-state index contributed by atoms with van der Waals surface area (Å²) < 4.78 is 30.8. The fourth-order valence-corrected chi connectivity index (χ4v) is 4.72. The van der Waals surface area contributed by atoms with Crippen LogP contribution in [0.5, 0.6) is 5.75 Å². The van der Waals surface area contributed by atoms with Gasteiger partial charge in [-0.05, 0) is 6.42 Å². The zero-order chi connectivity index (χ0) is 16.9. The van der Waals surface area contributed by atoms with E-state index in [2.05, 4.69) is 17.0 Å². The lowest BCUT2D eigenvalue weighted by Crippen LogP contribution is -2.11. The maximum absolute atomic E-state index is 12.3. The van der Waals surface area contributed by atoms with Gasteiger partial charge >= 0.3 is 5.56 Å². The van der Waals surface area contributed by atoms with Crippen molar-refractivity contribution in [1.29, 1.82) is 0 Å². The zero-order valence-electron chi connectivity index (χ0n) is 13.3. The molecule has 0 radical (unpaired) electrons. The van der Waals surface area contributed by atoms with Gasteiger partial charge in [-0.2, -0.15) is 4.98 Å². The Bertz CT molecular complexity index is 811. The highest BCUT2D eigenvalue weighted by Crippen LogP contribution is 2.20. The lowest BCUT2D eigenvalue weighted by molar-refractivity contribution is 0.404. The molecular formula is C14H21N3O4S2. The summed E-state index contributed by atoms with van der Waals surface area (Å²) in [6.45, 7) is 2.14. The monoisotopic (exact) mass is 359 g/mol. The maximum atomic E-state index is 12.3. The predicted molar refractivity (Wildman–Crippen MR) is 89.1 cm³/mol. The van der Waals surface area contributed by atoms with Crippen LogP contribution in [0.25, 0.3) is 4.96 Å². The van der Waals surface area contributed by atoms with E-state index >= 15 is 0 Å². The highest BCUT2D eigenvalue weighted by molar-refractivity contribution is 7.93. The summed E-state index contributed by atoms with van der Waals surface area (Å²) in [5, 5.41) is 4.03. The zero-order valence-corrected chi connectivity index (χ0v) is 15.0. The normalized spacial score (nSPS) is 11.9. The molecule has 0 aliphatic carbocycles. The number of hydrogen-bond donors (Lipinski definition) is 0. The minimum Gasteiger partial charge on any atom is -0.490 e. The molecule has 0 aromatic carbocycles. The Morgan fingerprint density at radius 3 is 2.61 bits per heavy atom. The number of ether oxygens (including phenoxy) is 1. The molecule has 2 aromatic heterocycles. The van der Waals surface area contributed by atoms with Crippen molar-refractivity contribution >= 4 is 26.1 Å². The van der Waals surface area contributed by atoms with Crippen molar-refractivity contribution in [3.63, 3.8) is 0 Å². The van der Waals surface area contributed by atoms with Crippen molar-refractivity contribution in [2.75, 3.05) is 12.9 Å². The molecule has 7 nitrogen and oxygen atoms in total. The molecule has 9 heteroatoms. The second kappa shape index (κ2) is 7.87. The molecule has 2 heterocycles. The molecule has 0 unspecified atom stereocenters. The van der Waals surface area contributed by atoms with Crippen molar-refractivity contribution in [2.45, 2.75) is 49.8 Å². The molecular weight excluding hydrogens is 338 g/mol. The van der Waals surface area contributed by atoms with E-state index in [0.717, 1.165) is 30.6 Å². The number of rotatable bonds is 9. The van der Waals surface area contributed by atoms with Crippen LogP contribution in [-0.4, -0.2) is 35.9 Å². The van der Waals surface area contributed by atoms with Crippen LogP contribution in [0.2, 0.25) is 0 Å². The van der Waals surface area contributed by atoms with Crippen LogP contribution in [0, 0.1) is 0 Å². The molecule has 0 bridgehead atoms. The van der Waals surface area contributed by atoms with Gasteiger partial charge in [0.1, 0.15) is 0 Å². The Morgan fingerprint density at radius 1 is 1.22 bits per heavy atom. The third-order valence-corrected chi connectivity index (χ3v) is 6.63. The molecule has 128 valence electrons. The standard InChI is InChI=1S/C14H21N3O4S2/c1-3-4-5-6-7-8-9-23(19,20)14-16-17-10-11(21-2)12(18)15-13(17)22-14/h10H,3-9H2,1-2H3. The molecule has 2 rings (SSSR count). The maximum Gasteiger partial charge on any atom is 0.316 e. The first-order chi connectivity index (χ1) is 11.0. The molecule has 0 amide bonds. The number of hydrogen-bond acceptors (Lipinski definition) is 7. The first-order valence-corrected chi connectivity index (χ1v) is 10.1. The number of nitrogens with zero attached hydrogens (tertiary/aromatic N) is 3. The van der Waals surface area contributed by atoms with Gasteiger partial charge in [-0.15, -0.1) is 5.10 Å². The van der Waals surface area contributed by atoms with E-state index in [4.69, 9.17) is 4.74 Å². The summed E-state index contributed by atoms with van der Waals surface area (Å²) >= 11 is 0.907. The third-order valence-electron chi connectivity index (χ3n) is 3.46. The molecule has 0 saturated heterocycles. The fraction of sp³-hybridized carbons (Fsp3) is 0.643. The highest BCUT2D eigenvalue weighted by atomic mass is 32.2. The van der Waals surface area contributed by atoms with Crippen LogP contribution >= 0.6 is 11.3 Å². The number of unbranched alkanes of at least 4 members (excludes halogenated alkanes) is 5. The Morgan fingerprint density at radius 2 is 1.91 bits per heavy atom. The number of sulfone groups is 1. The molecule has 0 aliphatic heterocycles. The minimum atomic E-state index is -3.44. The molecule has 0 saturated carbocycles. The average Bonchev–Trinajstić information content (AvgIpc) is 2.93. The van der Waals surface area contributed by atoms with Crippen molar-refractivity contribution in [3.8, 4) is 5.75 Å². The molecule has 0 N–H and O–H groups in total.